The van der Waals surface area contributed by atoms with Gasteiger partial charge >= 0.3 is 0 Å². The lowest BCUT2D eigenvalue weighted by Crippen LogP contribution is -2.35. The summed E-state index contributed by atoms with van der Waals surface area (Å²) in [5.41, 5.74) is 0.964. The second-order valence-electron chi connectivity index (χ2n) is 5.01. The van der Waals surface area contributed by atoms with E-state index in [0.717, 1.165) is 11.3 Å². The van der Waals surface area contributed by atoms with Crippen LogP contribution in [0, 0.1) is 0 Å². The van der Waals surface area contributed by atoms with E-state index in [9.17, 15) is 9.59 Å². The van der Waals surface area contributed by atoms with Crippen LogP contribution in [-0.2, 0) is 16.1 Å². The molecule has 120 valence electrons. The number of hydrogen-bond acceptors (Lipinski definition) is 4. The standard InChI is InChI=1S/C16H23N3O3/c1-19(2)10-4-5-15(20)18-12-16(21)17-11-13-6-8-14(22-3)9-7-13/h4-9H,10-12H2,1-3H3,(H,17,21)(H,18,20)/b5-4+. The highest BCUT2D eigenvalue weighted by molar-refractivity contribution is 5.91. The van der Waals surface area contributed by atoms with Crippen LogP contribution >= 0.6 is 0 Å². The lowest BCUT2D eigenvalue weighted by atomic mass is 10.2. The van der Waals surface area contributed by atoms with E-state index in [1.165, 1.54) is 6.08 Å². The van der Waals surface area contributed by atoms with Crippen LogP contribution in [0.1, 0.15) is 5.56 Å². The molecule has 0 aliphatic rings. The summed E-state index contributed by atoms with van der Waals surface area (Å²) in [6.07, 6.45) is 3.17. The highest BCUT2D eigenvalue weighted by atomic mass is 16.5. The minimum atomic E-state index is -0.276. The number of rotatable bonds is 8. The molecule has 0 aliphatic heterocycles. The SMILES string of the molecule is COc1ccc(CNC(=O)CNC(=O)/C=C/CN(C)C)cc1. The van der Waals surface area contributed by atoms with E-state index >= 15 is 0 Å². The summed E-state index contributed by atoms with van der Waals surface area (Å²) in [5, 5.41) is 5.27. The number of amides is 2. The zero-order chi connectivity index (χ0) is 16.4. The van der Waals surface area contributed by atoms with Crippen molar-refractivity contribution in [1.29, 1.82) is 0 Å². The van der Waals surface area contributed by atoms with Gasteiger partial charge in [0.1, 0.15) is 5.75 Å². The molecular weight excluding hydrogens is 282 g/mol. The second-order valence-corrected chi connectivity index (χ2v) is 5.01. The molecule has 0 fully saturated rings. The van der Waals surface area contributed by atoms with Crippen molar-refractivity contribution in [3.8, 4) is 5.75 Å². The largest absolute Gasteiger partial charge is 0.497 e. The van der Waals surface area contributed by atoms with Crippen molar-refractivity contribution < 1.29 is 14.3 Å². The molecule has 22 heavy (non-hydrogen) atoms. The Bertz CT molecular complexity index is 510. The summed E-state index contributed by atoms with van der Waals surface area (Å²) in [4.78, 5) is 25.0. The molecule has 0 atom stereocenters. The monoisotopic (exact) mass is 305 g/mol. The third kappa shape index (κ3) is 7.44. The number of nitrogens with one attached hydrogen (secondary N) is 2. The molecule has 0 aliphatic carbocycles. The van der Waals surface area contributed by atoms with Gasteiger partial charge in [0.2, 0.25) is 11.8 Å². The Morgan fingerprint density at radius 3 is 2.45 bits per heavy atom. The molecular formula is C16H23N3O3. The Labute approximate surface area is 131 Å². The van der Waals surface area contributed by atoms with Gasteiger partial charge in [0.25, 0.3) is 0 Å². The highest BCUT2D eigenvalue weighted by Gasteiger charge is 2.03. The zero-order valence-electron chi connectivity index (χ0n) is 13.3. The Morgan fingerprint density at radius 2 is 1.86 bits per heavy atom. The summed E-state index contributed by atoms with van der Waals surface area (Å²) < 4.78 is 5.06. The van der Waals surface area contributed by atoms with Gasteiger partial charge in [-0.05, 0) is 31.8 Å². The molecule has 1 aromatic rings. The van der Waals surface area contributed by atoms with Crippen molar-refractivity contribution in [3.63, 3.8) is 0 Å². The predicted molar refractivity (Wildman–Crippen MR) is 85.5 cm³/mol. The van der Waals surface area contributed by atoms with Gasteiger partial charge in [0, 0.05) is 19.2 Å². The van der Waals surface area contributed by atoms with Crippen molar-refractivity contribution in [2.75, 3.05) is 34.3 Å². The average molecular weight is 305 g/mol. The lowest BCUT2D eigenvalue weighted by Gasteiger charge is -2.07. The quantitative estimate of drug-likeness (QED) is 0.688. The molecule has 1 aromatic carbocycles. The minimum absolute atomic E-state index is 0.0404. The molecule has 2 N–H and O–H groups in total. The zero-order valence-corrected chi connectivity index (χ0v) is 13.3. The van der Waals surface area contributed by atoms with Crippen molar-refractivity contribution >= 4 is 11.8 Å². The smallest absolute Gasteiger partial charge is 0.244 e. The molecule has 0 bridgehead atoms. The van der Waals surface area contributed by atoms with E-state index in [0.29, 0.717) is 13.1 Å². The number of carbonyl (C=O) groups is 2. The Morgan fingerprint density at radius 1 is 1.18 bits per heavy atom. The maximum Gasteiger partial charge on any atom is 0.244 e. The Balaban J connectivity index is 2.25. The molecule has 2 amide bonds. The summed E-state index contributed by atoms with van der Waals surface area (Å²) in [5.74, 6) is 0.262. The Kier molecular flexibility index (Phi) is 7.70. The van der Waals surface area contributed by atoms with Gasteiger partial charge in [0.15, 0.2) is 0 Å². The van der Waals surface area contributed by atoms with Crippen LogP contribution in [0.3, 0.4) is 0 Å². The van der Waals surface area contributed by atoms with Crippen LogP contribution in [0.4, 0.5) is 0 Å². The first-order valence-electron chi connectivity index (χ1n) is 7.00. The number of methoxy groups -OCH3 is 1. The average Bonchev–Trinajstić information content (AvgIpc) is 2.51. The third-order valence-corrected chi connectivity index (χ3v) is 2.81. The number of nitrogens with zero attached hydrogens (tertiary/aromatic N) is 1. The first kappa shape index (κ1) is 17.7. The number of ether oxygens (including phenoxy) is 1. The summed E-state index contributed by atoms with van der Waals surface area (Å²) in [6, 6.07) is 7.42. The molecule has 0 saturated carbocycles. The van der Waals surface area contributed by atoms with Crippen LogP contribution < -0.4 is 15.4 Å². The van der Waals surface area contributed by atoms with Crippen molar-refractivity contribution in [2.24, 2.45) is 0 Å². The molecule has 0 spiro atoms. The van der Waals surface area contributed by atoms with E-state index in [2.05, 4.69) is 10.6 Å². The first-order valence-corrected chi connectivity index (χ1v) is 7.00. The van der Waals surface area contributed by atoms with Gasteiger partial charge in [0.05, 0.1) is 13.7 Å². The van der Waals surface area contributed by atoms with Crippen LogP contribution in [0.2, 0.25) is 0 Å². The summed E-state index contributed by atoms with van der Waals surface area (Å²) in [6.45, 7) is 1.05. The normalized spacial score (nSPS) is 10.7. The fourth-order valence-electron chi connectivity index (χ4n) is 1.60. The second kappa shape index (κ2) is 9.57. The maximum absolute atomic E-state index is 11.6. The summed E-state index contributed by atoms with van der Waals surface area (Å²) in [7, 11) is 5.43. The topological polar surface area (TPSA) is 70.7 Å². The number of likely N-dealkylation sites (N-methyl/N-ethyl adjacent to an activating group) is 1. The van der Waals surface area contributed by atoms with E-state index in [4.69, 9.17) is 4.74 Å². The van der Waals surface area contributed by atoms with Crippen molar-refractivity contribution in [2.45, 2.75) is 6.54 Å². The van der Waals surface area contributed by atoms with Crippen molar-refractivity contribution in [3.05, 3.63) is 42.0 Å². The van der Waals surface area contributed by atoms with E-state index < -0.39 is 0 Å². The molecule has 0 radical (unpaired) electrons. The van der Waals surface area contributed by atoms with Crippen LogP contribution in [0.5, 0.6) is 5.75 Å². The van der Waals surface area contributed by atoms with Crippen LogP contribution in [0.15, 0.2) is 36.4 Å². The van der Waals surface area contributed by atoms with E-state index in [1.807, 2.05) is 43.3 Å². The van der Waals surface area contributed by atoms with Crippen LogP contribution in [-0.4, -0.2) is 51.0 Å². The molecule has 1 rings (SSSR count). The third-order valence-electron chi connectivity index (χ3n) is 2.81. The van der Waals surface area contributed by atoms with Gasteiger partial charge in [-0.3, -0.25) is 9.59 Å². The predicted octanol–water partition coefficient (Wildman–Crippen LogP) is 0.545. The molecule has 6 heteroatoms. The first-order chi connectivity index (χ1) is 10.5. The van der Waals surface area contributed by atoms with E-state index in [-0.39, 0.29) is 18.4 Å². The number of carbonyl (C=O) groups excluding carboxylic acids is 2. The fourth-order valence-corrected chi connectivity index (χ4v) is 1.60. The summed E-state index contributed by atoms with van der Waals surface area (Å²) >= 11 is 0. The fraction of sp³-hybridized carbons (Fsp3) is 0.375. The number of benzene rings is 1. The Hall–Kier alpha value is -2.34. The van der Waals surface area contributed by atoms with Gasteiger partial charge in [-0.15, -0.1) is 0 Å². The van der Waals surface area contributed by atoms with Gasteiger partial charge < -0.3 is 20.3 Å². The van der Waals surface area contributed by atoms with Crippen molar-refractivity contribution in [1.82, 2.24) is 15.5 Å². The minimum Gasteiger partial charge on any atom is -0.497 e. The van der Waals surface area contributed by atoms with Gasteiger partial charge in [-0.25, -0.2) is 0 Å². The highest BCUT2D eigenvalue weighted by Crippen LogP contribution is 2.10. The number of hydrogen-bond donors (Lipinski definition) is 2. The molecule has 0 heterocycles. The van der Waals surface area contributed by atoms with Crippen LogP contribution in [0.25, 0.3) is 0 Å². The van der Waals surface area contributed by atoms with E-state index in [1.54, 1.807) is 13.2 Å². The lowest BCUT2D eigenvalue weighted by molar-refractivity contribution is -0.124. The maximum atomic E-state index is 11.6. The molecule has 0 unspecified atom stereocenters. The molecule has 6 nitrogen and oxygen atoms in total. The van der Waals surface area contributed by atoms with Gasteiger partial charge in [-0.1, -0.05) is 18.2 Å². The van der Waals surface area contributed by atoms with Gasteiger partial charge in [-0.2, -0.15) is 0 Å². The molecule has 0 aromatic heterocycles. The molecule has 0 saturated heterocycles.